The third-order valence-electron chi connectivity index (χ3n) is 6.37. The highest BCUT2D eigenvalue weighted by Gasteiger charge is 2.34. The topological polar surface area (TPSA) is 110 Å². The summed E-state index contributed by atoms with van der Waals surface area (Å²) >= 11 is 0. The van der Waals surface area contributed by atoms with Gasteiger partial charge >= 0.3 is 6.18 Å². The number of aromatic nitrogens is 4. The first-order valence-electron chi connectivity index (χ1n) is 12.5. The van der Waals surface area contributed by atoms with Crippen LogP contribution in [0.1, 0.15) is 25.2 Å². The van der Waals surface area contributed by atoms with Gasteiger partial charge in [-0.25, -0.2) is 23.4 Å². The number of ether oxygens (including phenoxy) is 1. The van der Waals surface area contributed by atoms with E-state index in [1.165, 1.54) is 36.7 Å². The SMILES string of the molecule is CC1CN(Cc2nc(Nc3ccc(S(C)(=O)=O)cc3)c3ncc(-c4ncccc4C(F)(F)F)cc3n2)CC(C)O1. The van der Waals surface area contributed by atoms with Gasteiger partial charge in [-0.15, -0.1) is 0 Å². The molecule has 0 spiro atoms. The Hall–Kier alpha value is -3.68. The minimum Gasteiger partial charge on any atom is -0.373 e. The highest BCUT2D eigenvalue weighted by molar-refractivity contribution is 7.90. The molecule has 1 N–H and O–H groups in total. The number of hydrogen-bond donors (Lipinski definition) is 1. The maximum absolute atomic E-state index is 13.7. The molecule has 4 aromatic rings. The molecular formula is C27H27F3N6O3S. The van der Waals surface area contributed by atoms with Crippen LogP contribution in [0.5, 0.6) is 0 Å². The van der Waals surface area contributed by atoms with Crippen molar-refractivity contribution in [3.05, 3.63) is 66.2 Å². The molecule has 1 aliphatic rings. The van der Waals surface area contributed by atoms with Crippen molar-refractivity contribution >= 4 is 32.4 Å². The maximum atomic E-state index is 13.7. The van der Waals surface area contributed by atoms with Gasteiger partial charge in [-0.05, 0) is 56.3 Å². The summed E-state index contributed by atoms with van der Waals surface area (Å²) in [4.78, 5) is 20.1. The van der Waals surface area contributed by atoms with Gasteiger partial charge < -0.3 is 10.1 Å². The van der Waals surface area contributed by atoms with Gasteiger partial charge in [0.05, 0.1) is 40.4 Å². The van der Waals surface area contributed by atoms with Crippen LogP contribution in [0.4, 0.5) is 24.7 Å². The van der Waals surface area contributed by atoms with E-state index >= 15 is 0 Å². The Morgan fingerprint density at radius 3 is 2.40 bits per heavy atom. The van der Waals surface area contributed by atoms with Crippen LogP contribution in [0.15, 0.2) is 59.8 Å². The van der Waals surface area contributed by atoms with Crippen LogP contribution in [0.2, 0.25) is 0 Å². The number of nitrogens with one attached hydrogen (secondary N) is 1. The highest BCUT2D eigenvalue weighted by atomic mass is 32.2. The molecule has 2 atom stereocenters. The number of benzene rings is 1. The minimum atomic E-state index is -4.59. The van der Waals surface area contributed by atoms with E-state index in [9.17, 15) is 21.6 Å². The molecule has 9 nitrogen and oxygen atoms in total. The van der Waals surface area contributed by atoms with Gasteiger partial charge in [-0.2, -0.15) is 13.2 Å². The number of fused-ring (bicyclic) bond motifs is 1. The second-order valence-corrected chi connectivity index (χ2v) is 11.9. The summed E-state index contributed by atoms with van der Waals surface area (Å²) in [5.41, 5.74) is 0.292. The van der Waals surface area contributed by atoms with Crippen molar-refractivity contribution in [2.45, 2.75) is 43.7 Å². The van der Waals surface area contributed by atoms with E-state index in [2.05, 4.69) is 30.2 Å². The van der Waals surface area contributed by atoms with Crippen LogP contribution < -0.4 is 5.32 Å². The Bertz CT molecular complexity index is 1640. The molecule has 0 aliphatic carbocycles. The second-order valence-electron chi connectivity index (χ2n) is 9.85. The number of anilines is 2. The quantitative estimate of drug-likeness (QED) is 0.346. The summed E-state index contributed by atoms with van der Waals surface area (Å²) in [5, 5.41) is 3.17. The van der Waals surface area contributed by atoms with Gasteiger partial charge in [0.25, 0.3) is 0 Å². The molecule has 1 fully saturated rings. The zero-order valence-corrected chi connectivity index (χ0v) is 22.8. The van der Waals surface area contributed by atoms with Gasteiger partial charge in [-0.1, -0.05) is 0 Å². The fourth-order valence-electron chi connectivity index (χ4n) is 4.75. The normalized spacial score (nSPS) is 18.6. The number of alkyl halides is 3. The van der Waals surface area contributed by atoms with E-state index in [0.717, 1.165) is 12.3 Å². The summed E-state index contributed by atoms with van der Waals surface area (Å²) in [7, 11) is -3.37. The van der Waals surface area contributed by atoms with Crippen molar-refractivity contribution in [2.24, 2.45) is 0 Å². The zero-order chi connectivity index (χ0) is 28.7. The molecule has 0 bridgehead atoms. The molecule has 3 aromatic heterocycles. The van der Waals surface area contributed by atoms with Crippen LogP contribution in [0.25, 0.3) is 22.3 Å². The first-order chi connectivity index (χ1) is 18.9. The summed E-state index contributed by atoms with van der Waals surface area (Å²) in [6, 6.07) is 9.90. The lowest BCUT2D eigenvalue weighted by Gasteiger charge is -2.34. The van der Waals surface area contributed by atoms with E-state index in [1.54, 1.807) is 12.1 Å². The Morgan fingerprint density at radius 1 is 1.05 bits per heavy atom. The molecule has 5 rings (SSSR count). The third-order valence-corrected chi connectivity index (χ3v) is 7.50. The van der Waals surface area contributed by atoms with Gasteiger partial charge in [0, 0.05) is 43.0 Å². The largest absolute Gasteiger partial charge is 0.418 e. The number of hydrogen-bond acceptors (Lipinski definition) is 9. The maximum Gasteiger partial charge on any atom is 0.418 e. The van der Waals surface area contributed by atoms with Gasteiger partial charge in [0.2, 0.25) is 0 Å². The minimum absolute atomic E-state index is 0.0216. The molecule has 0 radical (unpaired) electrons. The molecule has 0 amide bonds. The number of morpholine rings is 1. The predicted molar refractivity (Wildman–Crippen MR) is 144 cm³/mol. The van der Waals surface area contributed by atoms with Crippen LogP contribution in [0.3, 0.4) is 0 Å². The van der Waals surface area contributed by atoms with Gasteiger partial charge in [0.15, 0.2) is 15.7 Å². The molecule has 0 saturated carbocycles. The number of halogens is 3. The first kappa shape index (κ1) is 27.9. The van der Waals surface area contributed by atoms with Crippen molar-refractivity contribution in [3.63, 3.8) is 0 Å². The predicted octanol–water partition coefficient (Wildman–Crippen LogP) is 4.86. The lowest BCUT2D eigenvalue weighted by molar-refractivity contribution is -0.137. The number of sulfone groups is 1. The average molecular weight is 573 g/mol. The zero-order valence-electron chi connectivity index (χ0n) is 22.0. The summed E-state index contributed by atoms with van der Waals surface area (Å²) in [5.74, 6) is 0.783. The Balaban J connectivity index is 1.58. The number of pyridine rings is 2. The molecule has 40 heavy (non-hydrogen) atoms. The molecular weight excluding hydrogens is 545 g/mol. The summed E-state index contributed by atoms with van der Waals surface area (Å²) < 4.78 is 70.6. The van der Waals surface area contributed by atoms with Crippen molar-refractivity contribution in [3.8, 4) is 11.3 Å². The first-order valence-corrected chi connectivity index (χ1v) is 14.4. The van der Waals surface area contributed by atoms with E-state index in [-0.39, 0.29) is 28.4 Å². The monoisotopic (exact) mass is 572 g/mol. The Kier molecular flexibility index (Phi) is 7.46. The molecule has 1 saturated heterocycles. The molecule has 210 valence electrons. The lowest BCUT2D eigenvalue weighted by Crippen LogP contribution is -2.45. The molecule has 13 heteroatoms. The fourth-order valence-corrected chi connectivity index (χ4v) is 5.38. The van der Waals surface area contributed by atoms with E-state index in [1.807, 2.05) is 13.8 Å². The van der Waals surface area contributed by atoms with Crippen molar-refractivity contribution in [1.82, 2.24) is 24.8 Å². The molecule has 2 unspecified atom stereocenters. The van der Waals surface area contributed by atoms with Crippen molar-refractivity contribution in [1.29, 1.82) is 0 Å². The van der Waals surface area contributed by atoms with Crippen molar-refractivity contribution < 1.29 is 26.3 Å². The number of nitrogens with zero attached hydrogens (tertiary/aromatic N) is 5. The Labute approximate surface area is 229 Å². The smallest absolute Gasteiger partial charge is 0.373 e. The molecule has 4 heterocycles. The van der Waals surface area contributed by atoms with Gasteiger partial charge in [0.1, 0.15) is 11.3 Å². The molecule has 1 aliphatic heterocycles. The third kappa shape index (κ3) is 6.21. The van der Waals surface area contributed by atoms with Crippen LogP contribution in [-0.4, -0.2) is 64.8 Å². The fraction of sp³-hybridized carbons (Fsp3) is 0.333. The van der Waals surface area contributed by atoms with Crippen molar-refractivity contribution in [2.75, 3.05) is 24.7 Å². The van der Waals surface area contributed by atoms with Crippen LogP contribution >= 0.6 is 0 Å². The lowest BCUT2D eigenvalue weighted by atomic mass is 10.1. The number of rotatable bonds is 6. The average Bonchev–Trinajstić information content (AvgIpc) is 2.87. The van der Waals surface area contributed by atoms with Crippen LogP contribution in [-0.2, 0) is 27.3 Å². The van der Waals surface area contributed by atoms with Crippen LogP contribution in [0, 0.1) is 0 Å². The Morgan fingerprint density at radius 2 is 1.75 bits per heavy atom. The molecule has 1 aromatic carbocycles. The van der Waals surface area contributed by atoms with E-state index in [4.69, 9.17) is 4.74 Å². The summed E-state index contributed by atoms with van der Waals surface area (Å²) in [6.45, 7) is 5.69. The highest BCUT2D eigenvalue weighted by Crippen LogP contribution is 2.36. The van der Waals surface area contributed by atoms with Gasteiger partial charge in [-0.3, -0.25) is 9.88 Å². The second kappa shape index (κ2) is 10.7. The standard InChI is InChI=1S/C27H27F3N6O3S/c1-16-13-36(14-17(2)39-16)15-23-34-22-11-18(24-21(27(28,29)30)5-4-10-31-24)12-32-25(22)26(35-23)33-19-6-8-20(9-7-19)40(3,37)38/h4-12,16-17H,13-15H2,1-3H3,(H,33,34,35). The van der Waals surface area contributed by atoms with E-state index < -0.39 is 21.6 Å². The summed E-state index contributed by atoms with van der Waals surface area (Å²) in [6.07, 6.45) is -0.813. The van der Waals surface area contributed by atoms with E-state index in [0.29, 0.717) is 48.0 Å².